The van der Waals surface area contributed by atoms with Crippen molar-refractivity contribution in [3.8, 4) is 0 Å². The Hall–Kier alpha value is -1.02. The van der Waals surface area contributed by atoms with Crippen LogP contribution in [0.15, 0.2) is 24.3 Å². The molecular formula is C18H32N2. The number of nitrogens with zero attached hydrogens (tertiary/aromatic N) is 1. The van der Waals surface area contributed by atoms with Gasteiger partial charge in [-0.1, -0.05) is 45.7 Å². The zero-order chi connectivity index (χ0) is 14.8. The Labute approximate surface area is 125 Å². The second kappa shape index (κ2) is 9.82. The van der Waals surface area contributed by atoms with E-state index in [1.54, 1.807) is 0 Å². The maximum absolute atomic E-state index is 3.47. The van der Waals surface area contributed by atoms with Gasteiger partial charge >= 0.3 is 0 Å². The largest absolute Gasteiger partial charge is 0.372 e. The fourth-order valence-corrected chi connectivity index (χ4v) is 2.47. The summed E-state index contributed by atoms with van der Waals surface area (Å²) in [4.78, 5) is 2.54. The first-order chi connectivity index (χ1) is 9.72. The molecule has 0 aliphatic carbocycles. The third-order valence-corrected chi connectivity index (χ3v) is 3.83. The molecule has 0 saturated carbocycles. The van der Waals surface area contributed by atoms with Crippen molar-refractivity contribution < 1.29 is 0 Å². The average molecular weight is 276 g/mol. The lowest BCUT2D eigenvalue weighted by molar-refractivity contribution is 0.598. The molecule has 0 heterocycles. The molecular weight excluding hydrogens is 244 g/mol. The molecule has 1 aromatic carbocycles. The van der Waals surface area contributed by atoms with Gasteiger partial charge in [-0.2, -0.15) is 0 Å². The van der Waals surface area contributed by atoms with Crippen molar-refractivity contribution in [2.75, 3.05) is 24.5 Å². The zero-order valence-electron chi connectivity index (χ0n) is 13.8. The Morgan fingerprint density at radius 3 is 1.95 bits per heavy atom. The first kappa shape index (κ1) is 17.0. The molecule has 1 unspecified atom stereocenters. The van der Waals surface area contributed by atoms with E-state index in [1.165, 1.54) is 50.0 Å². The fraction of sp³-hybridized carbons (Fsp3) is 0.667. The monoisotopic (exact) mass is 276 g/mol. The minimum Gasteiger partial charge on any atom is -0.372 e. The quantitative estimate of drug-likeness (QED) is 0.662. The van der Waals surface area contributed by atoms with E-state index in [2.05, 4.69) is 62.2 Å². The van der Waals surface area contributed by atoms with E-state index >= 15 is 0 Å². The van der Waals surface area contributed by atoms with Crippen LogP contribution in [0.4, 0.5) is 5.69 Å². The molecule has 0 aliphatic heterocycles. The van der Waals surface area contributed by atoms with E-state index in [0.717, 1.165) is 6.54 Å². The van der Waals surface area contributed by atoms with Gasteiger partial charge in [0.2, 0.25) is 0 Å². The highest BCUT2D eigenvalue weighted by atomic mass is 15.1. The van der Waals surface area contributed by atoms with Crippen molar-refractivity contribution in [1.82, 2.24) is 5.32 Å². The molecule has 1 atom stereocenters. The molecule has 2 heteroatoms. The summed E-state index contributed by atoms with van der Waals surface area (Å²) < 4.78 is 0. The van der Waals surface area contributed by atoms with Gasteiger partial charge in [-0.15, -0.1) is 0 Å². The van der Waals surface area contributed by atoms with Crippen molar-refractivity contribution in [3.63, 3.8) is 0 Å². The first-order valence-corrected chi connectivity index (χ1v) is 8.31. The lowest BCUT2D eigenvalue weighted by Gasteiger charge is -2.25. The van der Waals surface area contributed by atoms with Crippen LogP contribution in [0.5, 0.6) is 0 Å². The molecule has 2 nitrogen and oxygen atoms in total. The Balaban J connectivity index is 2.70. The smallest absolute Gasteiger partial charge is 0.0366 e. The molecule has 0 bridgehead atoms. The summed E-state index contributed by atoms with van der Waals surface area (Å²) in [6, 6.07) is 9.55. The topological polar surface area (TPSA) is 15.3 Å². The molecule has 0 aromatic heterocycles. The Morgan fingerprint density at radius 1 is 0.950 bits per heavy atom. The molecule has 20 heavy (non-hydrogen) atoms. The highest BCUT2D eigenvalue weighted by molar-refractivity contribution is 5.48. The summed E-state index contributed by atoms with van der Waals surface area (Å²) in [5.41, 5.74) is 2.75. The van der Waals surface area contributed by atoms with Crippen LogP contribution in [0.3, 0.4) is 0 Å². The molecule has 1 aromatic rings. The van der Waals surface area contributed by atoms with Gasteiger partial charge in [-0.05, 0) is 44.0 Å². The number of hydrogen-bond donors (Lipinski definition) is 1. The standard InChI is InChI=1S/C18H32N2/c1-5-8-14-20(15-9-6-2)18-12-10-17(11-13-18)16(4)19-7-3/h10-13,16,19H,5-9,14-15H2,1-4H3. The van der Waals surface area contributed by atoms with Crippen molar-refractivity contribution in [2.45, 2.75) is 59.4 Å². The van der Waals surface area contributed by atoms with Gasteiger partial charge in [-0.25, -0.2) is 0 Å². The Kier molecular flexibility index (Phi) is 8.36. The molecule has 0 aliphatic rings. The summed E-state index contributed by atoms with van der Waals surface area (Å²) in [5, 5.41) is 3.47. The highest BCUT2D eigenvalue weighted by Crippen LogP contribution is 2.20. The van der Waals surface area contributed by atoms with Crippen molar-refractivity contribution in [3.05, 3.63) is 29.8 Å². The van der Waals surface area contributed by atoms with Gasteiger partial charge in [0.05, 0.1) is 0 Å². The summed E-state index contributed by atoms with van der Waals surface area (Å²) in [6.07, 6.45) is 5.08. The van der Waals surface area contributed by atoms with Crippen LogP contribution in [-0.4, -0.2) is 19.6 Å². The summed E-state index contributed by atoms with van der Waals surface area (Å²) in [7, 11) is 0. The number of rotatable bonds is 10. The summed E-state index contributed by atoms with van der Waals surface area (Å²) in [5.74, 6) is 0. The lowest BCUT2D eigenvalue weighted by atomic mass is 10.1. The maximum Gasteiger partial charge on any atom is 0.0366 e. The molecule has 1 N–H and O–H groups in total. The molecule has 114 valence electrons. The number of nitrogens with one attached hydrogen (secondary N) is 1. The van der Waals surface area contributed by atoms with Crippen LogP contribution in [0.25, 0.3) is 0 Å². The first-order valence-electron chi connectivity index (χ1n) is 8.31. The molecule has 0 fully saturated rings. The van der Waals surface area contributed by atoms with E-state index in [0.29, 0.717) is 6.04 Å². The number of unbranched alkanes of at least 4 members (excludes halogenated alkanes) is 2. The molecule has 0 saturated heterocycles. The van der Waals surface area contributed by atoms with Crippen LogP contribution in [0.2, 0.25) is 0 Å². The minimum absolute atomic E-state index is 0.439. The second-order valence-corrected chi connectivity index (χ2v) is 5.57. The average Bonchev–Trinajstić information content (AvgIpc) is 2.48. The van der Waals surface area contributed by atoms with E-state index in [9.17, 15) is 0 Å². The van der Waals surface area contributed by atoms with E-state index in [1.807, 2.05) is 0 Å². The minimum atomic E-state index is 0.439. The summed E-state index contributed by atoms with van der Waals surface area (Å²) >= 11 is 0. The van der Waals surface area contributed by atoms with Gasteiger partial charge in [0.25, 0.3) is 0 Å². The zero-order valence-corrected chi connectivity index (χ0v) is 13.8. The van der Waals surface area contributed by atoms with E-state index in [4.69, 9.17) is 0 Å². The molecule has 0 spiro atoms. The van der Waals surface area contributed by atoms with Gasteiger partial charge in [0, 0.05) is 24.8 Å². The summed E-state index contributed by atoms with van der Waals surface area (Å²) in [6.45, 7) is 12.3. The van der Waals surface area contributed by atoms with Crippen molar-refractivity contribution in [2.24, 2.45) is 0 Å². The predicted molar refractivity (Wildman–Crippen MR) is 90.6 cm³/mol. The Morgan fingerprint density at radius 2 is 1.50 bits per heavy atom. The molecule has 0 amide bonds. The third-order valence-electron chi connectivity index (χ3n) is 3.83. The highest BCUT2D eigenvalue weighted by Gasteiger charge is 2.07. The fourth-order valence-electron chi connectivity index (χ4n) is 2.47. The lowest BCUT2D eigenvalue weighted by Crippen LogP contribution is -2.25. The van der Waals surface area contributed by atoms with E-state index < -0.39 is 0 Å². The van der Waals surface area contributed by atoms with Crippen LogP contribution >= 0.6 is 0 Å². The van der Waals surface area contributed by atoms with Gasteiger partial charge < -0.3 is 10.2 Å². The van der Waals surface area contributed by atoms with Crippen LogP contribution in [0.1, 0.15) is 65.0 Å². The second-order valence-electron chi connectivity index (χ2n) is 5.57. The number of benzene rings is 1. The third kappa shape index (κ3) is 5.54. The van der Waals surface area contributed by atoms with Crippen LogP contribution < -0.4 is 10.2 Å². The molecule has 0 radical (unpaired) electrons. The van der Waals surface area contributed by atoms with Crippen LogP contribution in [0, 0.1) is 0 Å². The van der Waals surface area contributed by atoms with Gasteiger partial charge in [-0.3, -0.25) is 0 Å². The van der Waals surface area contributed by atoms with Crippen molar-refractivity contribution >= 4 is 5.69 Å². The van der Waals surface area contributed by atoms with Gasteiger partial charge in [0.1, 0.15) is 0 Å². The van der Waals surface area contributed by atoms with E-state index in [-0.39, 0.29) is 0 Å². The number of anilines is 1. The number of hydrogen-bond acceptors (Lipinski definition) is 2. The Bertz CT molecular complexity index is 337. The SMILES string of the molecule is CCCCN(CCCC)c1ccc(C(C)NCC)cc1. The van der Waals surface area contributed by atoms with Gasteiger partial charge in [0.15, 0.2) is 0 Å². The van der Waals surface area contributed by atoms with Crippen molar-refractivity contribution in [1.29, 1.82) is 0 Å². The maximum atomic E-state index is 3.47. The van der Waals surface area contributed by atoms with Crippen LogP contribution in [-0.2, 0) is 0 Å². The predicted octanol–water partition coefficient (Wildman–Crippen LogP) is 4.76. The molecule has 1 rings (SSSR count). The normalized spacial score (nSPS) is 12.4.